The number of carbonyl (C=O) groups excluding carboxylic acids is 2. The van der Waals surface area contributed by atoms with Gasteiger partial charge in [0.1, 0.15) is 5.82 Å². The van der Waals surface area contributed by atoms with Crippen LogP contribution in [0.25, 0.3) is 0 Å². The standard InChI is InChI=1S/C15H18ClFN2O2/c1-9-2-3-11(15(18)21)8-19(9)14(20)6-10-4-5-12(17)7-13(10)16/h4-5,7,9,11H,2-3,6,8H2,1H3,(H2,18,21)/t9-,11+/m0/s1. The molecule has 2 rings (SSSR count). The number of nitrogens with two attached hydrogens (primary N) is 1. The van der Waals surface area contributed by atoms with Gasteiger partial charge in [-0.25, -0.2) is 4.39 Å². The van der Waals surface area contributed by atoms with Crippen molar-refractivity contribution < 1.29 is 14.0 Å². The Labute approximate surface area is 128 Å². The molecule has 2 atom stereocenters. The molecule has 114 valence electrons. The van der Waals surface area contributed by atoms with E-state index in [1.807, 2.05) is 6.92 Å². The summed E-state index contributed by atoms with van der Waals surface area (Å²) in [5.74, 6) is -1.23. The molecule has 0 aromatic heterocycles. The summed E-state index contributed by atoms with van der Waals surface area (Å²) in [5, 5.41) is 0.236. The molecule has 1 heterocycles. The number of primary amides is 1. The molecule has 0 bridgehead atoms. The Balaban J connectivity index is 2.09. The van der Waals surface area contributed by atoms with Crippen molar-refractivity contribution in [2.24, 2.45) is 11.7 Å². The van der Waals surface area contributed by atoms with Crippen molar-refractivity contribution in [2.45, 2.75) is 32.2 Å². The SMILES string of the molecule is C[C@H]1CC[C@@H](C(N)=O)CN1C(=O)Cc1ccc(F)cc1Cl. The van der Waals surface area contributed by atoms with Gasteiger partial charge in [0, 0.05) is 17.6 Å². The van der Waals surface area contributed by atoms with E-state index in [1.54, 1.807) is 4.90 Å². The Morgan fingerprint density at radius 2 is 2.14 bits per heavy atom. The second-order valence-corrected chi connectivity index (χ2v) is 5.89. The molecule has 0 saturated carbocycles. The van der Waals surface area contributed by atoms with Gasteiger partial charge in [-0.1, -0.05) is 17.7 Å². The van der Waals surface area contributed by atoms with Crippen LogP contribution in [0.1, 0.15) is 25.3 Å². The summed E-state index contributed by atoms with van der Waals surface area (Å²) < 4.78 is 13.0. The van der Waals surface area contributed by atoms with Crippen molar-refractivity contribution in [2.75, 3.05) is 6.54 Å². The van der Waals surface area contributed by atoms with E-state index < -0.39 is 5.82 Å². The second kappa shape index (κ2) is 6.43. The maximum atomic E-state index is 13.0. The van der Waals surface area contributed by atoms with Crippen molar-refractivity contribution in [1.82, 2.24) is 4.90 Å². The van der Waals surface area contributed by atoms with Gasteiger partial charge in [0.25, 0.3) is 0 Å². The number of benzene rings is 1. The van der Waals surface area contributed by atoms with Crippen LogP contribution in [0.2, 0.25) is 5.02 Å². The summed E-state index contributed by atoms with van der Waals surface area (Å²) in [4.78, 5) is 25.4. The number of carbonyl (C=O) groups is 2. The molecule has 0 radical (unpaired) electrons. The van der Waals surface area contributed by atoms with Crippen LogP contribution in [0.15, 0.2) is 18.2 Å². The molecule has 21 heavy (non-hydrogen) atoms. The van der Waals surface area contributed by atoms with Gasteiger partial charge in [-0.15, -0.1) is 0 Å². The van der Waals surface area contributed by atoms with E-state index in [2.05, 4.69) is 0 Å². The van der Waals surface area contributed by atoms with E-state index in [-0.39, 0.29) is 35.2 Å². The van der Waals surface area contributed by atoms with Gasteiger partial charge >= 0.3 is 0 Å². The number of piperidine rings is 1. The van der Waals surface area contributed by atoms with Gasteiger partial charge in [0.15, 0.2) is 0 Å². The highest BCUT2D eigenvalue weighted by Crippen LogP contribution is 2.24. The zero-order chi connectivity index (χ0) is 15.6. The molecule has 1 saturated heterocycles. The molecule has 2 amide bonds. The number of halogens is 2. The lowest BCUT2D eigenvalue weighted by molar-refractivity contribution is -0.136. The van der Waals surface area contributed by atoms with Crippen molar-refractivity contribution in [3.8, 4) is 0 Å². The van der Waals surface area contributed by atoms with E-state index in [9.17, 15) is 14.0 Å². The number of amides is 2. The number of rotatable bonds is 3. The fourth-order valence-corrected chi connectivity index (χ4v) is 2.85. The van der Waals surface area contributed by atoms with Crippen molar-refractivity contribution in [1.29, 1.82) is 0 Å². The molecular formula is C15H18ClFN2O2. The van der Waals surface area contributed by atoms with Gasteiger partial charge in [0.05, 0.1) is 12.3 Å². The van der Waals surface area contributed by atoms with Crippen LogP contribution < -0.4 is 5.73 Å². The highest BCUT2D eigenvalue weighted by Gasteiger charge is 2.31. The summed E-state index contributed by atoms with van der Waals surface area (Å²) in [6, 6.07) is 4.04. The molecule has 1 aromatic rings. The first-order chi connectivity index (χ1) is 9.88. The topological polar surface area (TPSA) is 63.4 Å². The Morgan fingerprint density at radius 1 is 1.43 bits per heavy atom. The molecule has 1 fully saturated rings. The number of hydrogen-bond acceptors (Lipinski definition) is 2. The highest BCUT2D eigenvalue weighted by atomic mass is 35.5. The maximum Gasteiger partial charge on any atom is 0.227 e. The summed E-state index contributed by atoms with van der Waals surface area (Å²) in [5.41, 5.74) is 5.91. The molecular weight excluding hydrogens is 295 g/mol. The van der Waals surface area contributed by atoms with Crippen molar-refractivity contribution in [3.63, 3.8) is 0 Å². The third-order valence-corrected chi connectivity index (χ3v) is 4.31. The lowest BCUT2D eigenvalue weighted by atomic mass is 9.92. The van der Waals surface area contributed by atoms with Crippen LogP contribution in [-0.2, 0) is 16.0 Å². The number of nitrogens with zero attached hydrogens (tertiary/aromatic N) is 1. The molecule has 2 N–H and O–H groups in total. The lowest BCUT2D eigenvalue weighted by Gasteiger charge is -2.37. The predicted molar refractivity (Wildman–Crippen MR) is 78.2 cm³/mol. The Hall–Kier alpha value is -1.62. The Morgan fingerprint density at radius 3 is 2.76 bits per heavy atom. The smallest absolute Gasteiger partial charge is 0.227 e. The third kappa shape index (κ3) is 3.73. The Bertz CT molecular complexity index is 565. The maximum absolute atomic E-state index is 13.0. The normalized spacial score (nSPS) is 22.1. The van der Waals surface area contributed by atoms with Crippen LogP contribution in [-0.4, -0.2) is 29.3 Å². The summed E-state index contributed by atoms with van der Waals surface area (Å²) in [6.45, 7) is 2.29. The van der Waals surface area contributed by atoms with Crippen molar-refractivity contribution in [3.05, 3.63) is 34.6 Å². The van der Waals surface area contributed by atoms with Gasteiger partial charge in [-0.3, -0.25) is 9.59 Å². The van der Waals surface area contributed by atoms with Crippen LogP contribution >= 0.6 is 11.6 Å². The first kappa shape index (κ1) is 15.8. The summed E-state index contributed by atoms with van der Waals surface area (Å²) in [7, 11) is 0. The fraction of sp³-hybridized carbons (Fsp3) is 0.467. The van der Waals surface area contributed by atoms with Crippen LogP contribution in [0, 0.1) is 11.7 Å². The van der Waals surface area contributed by atoms with E-state index in [0.717, 1.165) is 6.42 Å². The van der Waals surface area contributed by atoms with E-state index in [4.69, 9.17) is 17.3 Å². The third-order valence-electron chi connectivity index (χ3n) is 3.96. The van der Waals surface area contributed by atoms with Crippen molar-refractivity contribution >= 4 is 23.4 Å². The van der Waals surface area contributed by atoms with E-state index in [1.165, 1.54) is 18.2 Å². The minimum absolute atomic E-state index is 0.0623. The zero-order valence-electron chi connectivity index (χ0n) is 11.8. The van der Waals surface area contributed by atoms with Gasteiger partial charge < -0.3 is 10.6 Å². The molecule has 1 aliphatic heterocycles. The highest BCUT2D eigenvalue weighted by molar-refractivity contribution is 6.31. The molecule has 1 aromatic carbocycles. The minimum atomic E-state index is -0.434. The fourth-order valence-electron chi connectivity index (χ4n) is 2.62. The van der Waals surface area contributed by atoms with Gasteiger partial charge in [-0.05, 0) is 37.5 Å². The molecule has 0 unspecified atom stereocenters. The average Bonchev–Trinajstić information content (AvgIpc) is 2.42. The van der Waals surface area contributed by atoms with Crippen LogP contribution in [0.3, 0.4) is 0 Å². The summed E-state index contributed by atoms with van der Waals surface area (Å²) >= 11 is 5.94. The van der Waals surface area contributed by atoms with E-state index >= 15 is 0 Å². The molecule has 0 spiro atoms. The second-order valence-electron chi connectivity index (χ2n) is 5.48. The molecule has 4 nitrogen and oxygen atoms in total. The van der Waals surface area contributed by atoms with E-state index in [0.29, 0.717) is 18.5 Å². The Kier molecular flexibility index (Phi) is 4.83. The first-order valence-corrected chi connectivity index (χ1v) is 7.29. The monoisotopic (exact) mass is 312 g/mol. The number of likely N-dealkylation sites (tertiary alicyclic amines) is 1. The minimum Gasteiger partial charge on any atom is -0.369 e. The quantitative estimate of drug-likeness (QED) is 0.929. The zero-order valence-corrected chi connectivity index (χ0v) is 12.6. The van der Waals surface area contributed by atoms with Gasteiger partial charge in [0.2, 0.25) is 11.8 Å². The first-order valence-electron chi connectivity index (χ1n) is 6.91. The molecule has 0 aliphatic carbocycles. The number of hydrogen-bond donors (Lipinski definition) is 1. The van der Waals surface area contributed by atoms with Crippen LogP contribution in [0.5, 0.6) is 0 Å². The lowest BCUT2D eigenvalue weighted by Crippen LogP contribution is -2.49. The molecule has 1 aliphatic rings. The largest absolute Gasteiger partial charge is 0.369 e. The molecule has 6 heteroatoms. The van der Waals surface area contributed by atoms with Gasteiger partial charge in [-0.2, -0.15) is 0 Å². The summed E-state index contributed by atoms with van der Waals surface area (Å²) in [6.07, 6.45) is 1.54. The predicted octanol–water partition coefficient (Wildman–Crippen LogP) is 2.13. The average molecular weight is 313 g/mol. The van der Waals surface area contributed by atoms with Crippen LogP contribution in [0.4, 0.5) is 4.39 Å².